The van der Waals surface area contributed by atoms with Gasteiger partial charge in [-0.15, -0.1) is 0 Å². The largest absolute Gasteiger partial charge is 0.434 e. The molecular weight excluding hydrogens is 301 g/mol. The molecule has 0 saturated carbocycles. The third kappa shape index (κ3) is 2.72. The molecule has 0 amide bonds. The standard InChI is InChI=1S/C12H11F3N6O/c1-22-6-7-4-8-11(18-10-2-3-16-19-10)17-9(12(13,14)15)5-21(8)20-7/h2-5H,6H2,1H3,(H2,16,17,18,19). The number of aromatic nitrogens is 5. The lowest BCUT2D eigenvalue weighted by atomic mass is 10.3. The maximum atomic E-state index is 13.0. The van der Waals surface area contributed by atoms with Crippen LogP contribution in [0.15, 0.2) is 24.5 Å². The van der Waals surface area contributed by atoms with E-state index in [0.29, 0.717) is 17.0 Å². The molecular formula is C12H11F3N6O. The summed E-state index contributed by atoms with van der Waals surface area (Å²) in [5.41, 5.74) is -0.165. The van der Waals surface area contributed by atoms with Gasteiger partial charge in [-0.2, -0.15) is 23.4 Å². The summed E-state index contributed by atoms with van der Waals surface area (Å²) >= 11 is 0. The topological polar surface area (TPSA) is 80.1 Å². The van der Waals surface area contributed by atoms with E-state index in [1.165, 1.54) is 7.11 Å². The molecule has 3 aromatic heterocycles. The Morgan fingerprint density at radius 1 is 1.41 bits per heavy atom. The van der Waals surface area contributed by atoms with Crippen molar-refractivity contribution in [1.29, 1.82) is 0 Å². The fourth-order valence-electron chi connectivity index (χ4n) is 1.94. The molecule has 0 aromatic carbocycles. The zero-order valence-corrected chi connectivity index (χ0v) is 11.3. The fourth-order valence-corrected chi connectivity index (χ4v) is 1.94. The summed E-state index contributed by atoms with van der Waals surface area (Å²) in [6, 6.07) is 3.18. The van der Waals surface area contributed by atoms with Gasteiger partial charge in [0.2, 0.25) is 0 Å². The van der Waals surface area contributed by atoms with E-state index in [2.05, 4.69) is 25.6 Å². The molecule has 0 aliphatic carbocycles. The Labute approximate surface area is 122 Å². The molecule has 22 heavy (non-hydrogen) atoms. The summed E-state index contributed by atoms with van der Waals surface area (Å²) in [5, 5.41) is 13.2. The Hall–Kier alpha value is -2.62. The van der Waals surface area contributed by atoms with Crippen molar-refractivity contribution in [3.05, 3.63) is 35.9 Å². The van der Waals surface area contributed by atoms with Crippen LogP contribution in [0.4, 0.5) is 24.8 Å². The highest BCUT2D eigenvalue weighted by Gasteiger charge is 2.34. The Kier molecular flexibility index (Phi) is 3.45. The Morgan fingerprint density at radius 3 is 2.86 bits per heavy atom. The van der Waals surface area contributed by atoms with Crippen LogP contribution in [0.2, 0.25) is 0 Å². The van der Waals surface area contributed by atoms with E-state index in [9.17, 15) is 13.2 Å². The van der Waals surface area contributed by atoms with Crippen molar-refractivity contribution in [1.82, 2.24) is 24.8 Å². The first-order valence-corrected chi connectivity index (χ1v) is 6.19. The summed E-state index contributed by atoms with van der Waals surface area (Å²) in [4.78, 5) is 3.63. The van der Waals surface area contributed by atoms with Crippen LogP contribution in [0.5, 0.6) is 0 Å². The average molecular weight is 312 g/mol. The highest BCUT2D eigenvalue weighted by Crippen LogP contribution is 2.30. The number of nitrogens with one attached hydrogen (secondary N) is 2. The van der Waals surface area contributed by atoms with E-state index >= 15 is 0 Å². The van der Waals surface area contributed by atoms with Gasteiger partial charge >= 0.3 is 6.18 Å². The van der Waals surface area contributed by atoms with Gasteiger partial charge < -0.3 is 10.1 Å². The number of nitrogens with zero attached hydrogens (tertiary/aromatic N) is 4. The van der Waals surface area contributed by atoms with Crippen molar-refractivity contribution >= 4 is 17.2 Å². The van der Waals surface area contributed by atoms with Crippen molar-refractivity contribution in [3.8, 4) is 0 Å². The van der Waals surface area contributed by atoms with Gasteiger partial charge in [0.15, 0.2) is 17.3 Å². The van der Waals surface area contributed by atoms with E-state index in [4.69, 9.17) is 4.74 Å². The molecule has 0 saturated heterocycles. The molecule has 0 spiro atoms. The number of hydrogen-bond donors (Lipinski definition) is 2. The summed E-state index contributed by atoms with van der Waals surface area (Å²) in [5.74, 6) is 0.361. The Morgan fingerprint density at radius 2 is 2.23 bits per heavy atom. The molecule has 0 fully saturated rings. The molecule has 0 radical (unpaired) electrons. The van der Waals surface area contributed by atoms with Crippen LogP contribution < -0.4 is 5.32 Å². The number of fused-ring (bicyclic) bond motifs is 1. The van der Waals surface area contributed by atoms with Gasteiger partial charge in [0.05, 0.1) is 18.5 Å². The van der Waals surface area contributed by atoms with Crippen molar-refractivity contribution < 1.29 is 17.9 Å². The monoisotopic (exact) mass is 312 g/mol. The lowest BCUT2D eigenvalue weighted by Gasteiger charge is -2.10. The van der Waals surface area contributed by atoms with Crippen LogP contribution in [-0.2, 0) is 17.5 Å². The predicted molar refractivity (Wildman–Crippen MR) is 70.6 cm³/mol. The van der Waals surface area contributed by atoms with Crippen molar-refractivity contribution in [2.75, 3.05) is 12.4 Å². The molecule has 10 heteroatoms. The first-order chi connectivity index (χ1) is 10.5. The molecule has 0 aliphatic rings. The quantitative estimate of drug-likeness (QED) is 0.773. The normalized spacial score (nSPS) is 12.0. The maximum Gasteiger partial charge on any atom is 0.434 e. The number of rotatable bonds is 4. The molecule has 3 aromatic rings. The van der Waals surface area contributed by atoms with Crippen molar-refractivity contribution in [2.24, 2.45) is 0 Å². The molecule has 0 atom stereocenters. The van der Waals surface area contributed by atoms with Gasteiger partial charge in [-0.3, -0.25) is 5.10 Å². The number of anilines is 2. The average Bonchev–Trinajstić information content (AvgIpc) is 3.06. The molecule has 7 nitrogen and oxygen atoms in total. The highest BCUT2D eigenvalue weighted by molar-refractivity contribution is 5.72. The van der Waals surface area contributed by atoms with Gasteiger partial charge in [-0.05, 0) is 6.07 Å². The molecule has 0 aliphatic heterocycles. The molecule has 3 heterocycles. The van der Waals surface area contributed by atoms with E-state index < -0.39 is 11.9 Å². The SMILES string of the molecule is COCc1cc2c(Nc3cc[nH]n3)nc(C(F)(F)F)cn2n1. The summed E-state index contributed by atoms with van der Waals surface area (Å²) in [7, 11) is 1.48. The van der Waals surface area contributed by atoms with Crippen LogP contribution in [0, 0.1) is 0 Å². The van der Waals surface area contributed by atoms with Crippen molar-refractivity contribution in [2.45, 2.75) is 12.8 Å². The van der Waals surface area contributed by atoms with Crippen LogP contribution in [0.25, 0.3) is 5.52 Å². The third-order valence-corrected chi connectivity index (χ3v) is 2.84. The summed E-state index contributed by atoms with van der Waals surface area (Å²) < 4.78 is 44.9. The molecule has 0 bridgehead atoms. The zero-order valence-electron chi connectivity index (χ0n) is 11.3. The first-order valence-electron chi connectivity index (χ1n) is 6.19. The number of hydrogen-bond acceptors (Lipinski definition) is 5. The van der Waals surface area contributed by atoms with Gasteiger partial charge in [0.25, 0.3) is 0 Å². The highest BCUT2D eigenvalue weighted by atomic mass is 19.4. The van der Waals surface area contributed by atoms with Crippen LogP contribution in [0.1, 0.15) is 11.4 Å². The van der Waals surface area contributed by atoms with E-state index in [0.717, 1.165) is 10.7 Å². The van der Waals surface area contributed by atoms with Crippen LogP contribution >= 0.6 is 0 Å². The second kappa shape index (κ2) is 5.30. The minimum atomic E-state index is -4.58. The molecule has 3 rings (SSSR count). The number of H-pyrrole nitrogens is 1. The lowest BCUT2D eigenvalue weighted by Crippen LogP contribution is -2.12. The number of alkyl halides is 3. The Bertz CT molecular complexity index is 780. The number of methoxy groups -OCH3 is 1. The van der Waals surface area contributed by atoms with Crippen LogP contribution in [-0.4, -0.2) is 31.9 Å². The number of aromatic amines is 1. The minimum Gasteiger partial charge on any atom is -0.378 e. The fraction of sp³-hybridized carbons (Fsp3) is 0.250. The maximum absolute atomic E-state index is 13.0. The van der Waals surface area contributed by atoms with E-state index in [1.54, 1.807) is 18.3 Å². The first kappa shape index (κ1) is 14.3. The summed E-state index contributed by atoms with van der Waals surface area (Å²) in [6.07, 6.45) is -2.20. The second-order valence-corrected chi connectivity index (χ2v) is 4.46. The zero-order chi connectivity index (χ0) is 15.7. The van der Waals surface area contributed by atoms with Gasteiger partial charge in [0.1, 0.15) is 5.52 Å². The molecule has 2 N–H and O–H groups in total. The van der Waals surface area contributed by atoms with Gasteiger partial charge in [-0.1, -0.05) is 0 Å². The van der Waals surface area contributed by atoms with E-state index in [1.807, 2.05) is 0 Å². The molecule has 116 valence electrons. The number of halogens is 3. The van der Waals surface area contributed by atoms with Crippen molar-refractivity contribution in [3.63, 3.8) is 0 Å². The second-order valence-electron chi connectivity index (χ2n) is 4.46. The lowest BCUT2D eigenvalue weighted by molar-refractivity contribution is -0.141. The summed E-state index contributed by atoms with van der Waals surface area (Å²) in [6.45, 7) is 0.185. The minimum absolute atomic E-state index is 0.0109. The third-order valence-electron chi connectivity index (χ3n) is 2.84. The van der Waals surface area contributed by atoms with E-state index in [-0.39, 0.29) is 12.4 Å². The smallest absolute Gasteiger partial charge is 0.378 e. The van der Waals surface area contributed by atoms with Gasteiger partial charge in [0, 0.05) is 19.4 Å². The van der Waals surface area contributed by atoms with Gasteiger partial charge in [-0.25, -0.2) is 9.50 Å². The Balaban J connectivity index is 2.13. The predicted octanol–water partition coefficient (Wildman–Crippen LogP) is 2.36. The number of ether oxygens (including phenoxy) is 1. The molecule has 0 unspecified atom stereocenters. The van der Waals surface area contributed by atoms with Crippen LogP contribution in [0.3, 0.4) is 0 Å².